The normalized spacial score (nSPS) is 17.4. The molecule has 0 spiro atoms. The highest BCUT2D eigenvalue weighted by atomic mass is 19.2. The van der Waals surface area contributed by atoms with Gasteiger partial charge in [0.15, 0.2) is 11.6 Å². The van der Waals surface area contributed by atoms with Crippen molar-refractivity contribution in [2.45, 2.75) is 25.8 Å². The van der Waals surface area contributed by atoms with Crippen molar-refractivity contribution in [2.24, 2.45) is 0 Å². The van der Waals surface area contributed by atoms with E-state index in [9.17, 15) is 13.6 Å². The van der Waals surface area contributed by atoms with Crippen LogP contribution in [0.15, 0.2) is 42.6 Å². The fraction of sp³-hybridized carbons (Fsp3) is 0.444. The van der Waals surface area contributed by atoms with Gasteiger partial charge in [-0.15, -0.1) is 0 Å². The van der Waals surface area contributed by atoms with Gasteiger partial charge in [-0.25, -0.2) is 13.6 Å². The van der Waals surface area contributed by atoms with E-state index in [0.717, 1.165) is 75.2 Å². The molecule has 0 radical (unpaired) electrons. The van der Waals surface area contributed by atoms with E-state index < -0.39 is 11.6 Å². The standard InChI is InChI=1S/C27H32F2N4O2/c28-24-5-3-20(17-25(24)29)7-9-32-12-10-31(11-13-32)8-1-2-22-18-30-26-6-4-21(16-23(22)26)19-33-14-15-35-27(33)34/h3-6,16-18,30H,1-2,7-15,19H2. The van der Waals surface area contributed by atoms with Gasteiger partial charge in [0.1, 0.15) is 6.61 Å². The molecule has 2 aromatic carbocycles. The lowest BCUT2D eigenvalue weighted by atomic mass is 10.1. The minimum absolute atomic E-state index is 0.233. The van der Waals surface area contributed by atoms with Gasteiger partial charge in [-0.2, -0.15) is 0 Å². The Hall–Kier alpha value is -2.97. The zero-order valence-corrected chi connectivity index (χ0v) is 19.9. The average Bonchev–Trinajstić information content (AvgIpc) is 3.46. The van der Waals surface area contributed by atoms with E-state index in [1.165, 1.54) is 23.1 Å². The third kappa shape index (κ3) is 5.82. The molecule has 0 saturated carbocycles. The first-order chi connectivity index (χ1) is 17.0. The number of halogens is 2. The minimum Gasteiger partial charge on any atom is -0.448 e. The Labute approximate surface area is 204 Å². The quantitative estimate of drug-likeness (QED) is 0.497. The van der Waals surface area contributed by atoms with Crippen LogP contribution >= 0.6 is 0 Å². The number of aryl methyl sites for hydroxylation is 1. The number of aromatic amines is 1. The van der Waals surface area contributed by atoms with Crippen molar-refractivity contribution < 1.29 is 18.3 Å². The molecule has 8 heteroatoms. The maximum absolute atomic E-state index is 13.4. The maximum Gasteiger partial charge on any atom is 0.410 e. The van der Waals surface area contributed by atoms with Crippen LogP contribution in [0, 0.1) is 11.6 Å². The van der Waals surface area contributed by atoms with Gasteiger partial charge < -0.3 is 24.4 Å². The SMILES string of the molecule is O=C1OCCN1Cc1ccc2[nH]cc(CCCN3CCN(CCc4ccc(F)c(F)c4)CC3)c2c1. The van der Waals surface area contributed by atoms with Crippen LogP contribution in [-0.2, 0) is 24.1 Å². The lowest BCUT2D eigenvalue weighted by Gasteiger charge is -2.34. The number of benzene rings is 2. The molecule has 6 nitrogen and oxygen atoms in total. The summed E-state index contributed by atoms with van der Waals surface area (Å²) in [4.78, 5) is 21.8. The van der Waals surface area contributed by atoms with Crippen LogP contribution in [-0.4, -0.2) is 78.2 Å². The second-order valence-corrected chi connectivity index (χ2v) is 9.52. The monoisotopic (exact) mass is 482 g/mol. The highest BCUT2D eigenvalue weighted by Gasteiger charge is 2.22. The summed E-state index contributed by atoms with van der Waals surface area (Å²) in [6, 6.07) is 10.5. The van der Waals surface area contributed by atoms with Gasteiger partial charge in [0.05, 0.1) is 6.54 Å². The molecule has 1 N–H and O–H groups in total. The number of hydrogen-bond acceptors (Lipinski definition) is 4. The molecule has 35 heavy (non-hydrogen) atoms. The van der Waals surface area contributed by atoms with Crippen molar-refractivity contribution in [3.63, 3.8) is 0 Å². The summed E-state index contributed by atoms with van der Waals surface area (Å²) in [5.41, 5.74) is 4.41. The van der Waals surface area contributed by atoms with Crippen LogP contribution in [0.4, 0.5) is 13.6 Å². The Balaban J connectivity index is 1.06. The minimum atomic E-state index is -0.788. The van der Waals surface area contributed by atoms with E-state index in [0.29, 0.717) is 19.7 Å². The summed E-state index contributed by atoms with van der Waals surface area (Å²) in [6.45, 7) is 7.68. The Morgan fingerprint density at radius 2 is 1.63 bits per heavy atom. The molecule has 2 fully saturated rings. The predicted octanol–water partition coefficient (Wildman–Crippen LogP) is 4.19. The number of amides is 1. The number of hydrogen-bond donors (Lipinski definition) is 1. The molecule has 3 heterocycles. The number of rotatable bonds is 9. The van der Waals surface area contributed by atoms with Gasteiger partial charge >= 0.3 is 6.09 Å². The van der Waals surface area contributed by atoms with E-state index in [-0.39, 0.29) is 6.09 Å². The van der Waals surface area contributed by atoms with Crippen LogP contribution in [0.1, 0.15) is 23.1 Å². The van der Waals surface area contributed by atoms with Gasteiger partial charge in [-0.05, 0) is 66.8 Å². The zero-order valence-electron chi connectivity index (χ0n) is 19.9. The molecule has 2 saturated heterocycles. The number of nitrogens with one attached hydrogen (secondary N) is 1. The van der Waals surface area contributed by atoms with Crippen LogP contribution in [0.25, 0.3) is 10.9 Å². The number of nitrogens with zero attached hydrogens (tertiary/aromatic N) is 3. The van der Waals surface area contributed by atoms with E-state index in [2.05, 4.69) is 39.2 Å². The molecule has 3 aromatic rings. The maximum atomic E-state index is 13.4. The summed E-state index contributed by atoms with van der Waals surface area (Å²) in [7, 11) is 0. The second-order valence-electron chi connectivity index (χ2n) is 9.52. The van der Waals surface area contributed by atoms with Crippen LogP contribution in [0.2, 0.25) is 0 Å². The Morgan fingerprint density at radius 1 is 0.857 bits per heavy atom. The van der Waals surface area contributed by atoms with Gasteiger partial charge in [0.25, 0.3) is 0 Å². The van der Waals surface area contributed by atoms with Gasteiger partial charge in [0, 0.05) is 56.4 Å². The first-order valence-corrected chi connectivity index (χ1v) is 12.4. The van der Waals surface area contributed by atoms with Crippen molar-refractivity contribution in [3.05, 3.63) is 70.9 Å². The molecule has 0 unspecified atom stereocenters. The lowest BCUT2D eigenvalue weighted by Crippen LogP contribution is -2.47. The number of ether oxygens (including phenoxy) is 1. The summed E-state index contributed by atoms with van der Waals surface area (Å²) in [6.07, 6.45) is 4.70. The average molecular weight is 483 g/mol. The van der Waals surface area contributed by atoms with Gasteiger partial charge in [0.2, 0.25) is 0 Å². The number of fused-ring (bicyclic) bond motifs is 1. The van der Waals surface area contributed by atoms with Crippen molar-refractivity contribution in [2.75, 3.05) is 52.4 Å². The van der Waals surface area contributed by atoms with Crippen molar-refractivity contribution in [1.29, 1.82) is 0 Å². The lowest BCUT2D eigenvalue weighted by molar-refractivity contribution is 0.132. The number of aromatic nitrogens is 1. The van der Waals surface area contributed by atoms with Gasteiger partial charge in [-0.3, -0.25) is 0 Å². The summed E-state index contributed by atoms with van der Waals surface area (Å²) in [5.74, 6) is -1.56. The number of carbonyl (C=O) groups excluding carboxylic acids is 1. The van der Waals surface area contributed by atoms with E-state index in [1.54, 1.807) is 11.0 Å². The van der Waals surface area contributed by atoms with E-state index in [1.807, 2.05) is 0 Å². The molecule has 1 amide bonds. The topological polar surface area (TPSA) is 51.8 Å². The molecule has 0 aliphatic carbocycles. The molecule has 0 atom stereocenters. The Bertz CT molecular complexity index is 1170. The number of H-pyrrole nitrogens is 1. The first-order valence-electron chi connectivity index (χ1n) is 12.4. The third-order valence-electron chi connectivity index (χ3n) is 7.14. The zero-order chi connectivity index (χ0) is 24.2. The first kappa shape index (κ1) is 23.8. The summed E-state index contributed by atoms with van der Waals surface area (Å²) < 4.78 is 31.5. The highest BCUT2D eigenvalue weighted by Crippen LogP contribution is 2.23. The number of piperazine rings is 1. The number of cyclic esters (lactones) is 1. The molecular formula is C27H32F2N4O2. The molecule has 2 aliphatic rings. The molecule has 0 bridgehead atoms. The summed E-state index contributed by atoms with van der Waals surface area (Å²) in [5, 5.41) is 1.23. The van der Waals surface area contributed by atoms with E-state index >= 15 is 0 Å². The molecule has 5 rings (SSSR count). The smallest absolute Gasteiger partial charge is 0.410 e. The van der Waals surface area contributed by atoms with Crippen LogP contribution in [0.5, 0.6) is 0 Å². The molecule has 1 aromatic heterocycles. The van der Waals surface area contributed by atoms with E-state index in [4.69, 9.17) is 4.74 Å². The largest absolute Gasteiger partial charge is 0.448 e. The third-order valence-corrected chi connectivity index (χ3v) is 7.14. The van der Waals surface area contributed by atoms with Crippen LogP contribution in [0.3, 0.4) is 0 Å². The van der Waals surface area contributed by atoms with Crippen molar-refractivity contribution in [1.82, 2.24) is 19.7 Å². The fourth-order valence-electron chi connectivity index (χ4n) is 5.03. The van der Waals surface area contributed by atoms with Crippen LogP contribution < -0.4 is 0 Å². The number of carbonyl (C=O) groups is 1. The molecule has 2 aliphatic heterocycles. The predicted molar refractivity (Wildman–Crippen MR) is 131 cm³/mol. The fourth-order valence-corrected chi connectivity index (χ4v) is 5.03. The molecular weight excluding hydrogens is 450 g/mol. The Morgan fingerprint density at radius 3 is 2.37 bits per heavy atom. The van der Waals surface area contributed by atoms with Gasteiger partial charge in [-0.1, -0.05) is 12.1 Å². The second kappa shape index (κ2) is 10.7. The molecule has 186 valence electrons. The van der Waals surface area contributed by atoms with Crippen molar-refractivity contribution in [3.8, 4) is 0 Å². The Kier molecular flexibility index (Phi) is 7.29. The highest BCUT2D eigenvalue weighted by molar-refractivity contribution is 5.84. The summed E-state index contributed by atoms with van der Waals surface area (Å²) >= 11 is 0. The van der Waals surface area contributed by atoms with Crippen molar-refractivity contribution >= 4 is 17.0 Å².